The second-order valence-electron chi connectivity index (χ2n) is 8.42. The van der Waals surface area contributed by atoms with Crippen molar-refractivity contribution in [1.29, 1.82) is 5.41 Å². The summed E-state index contributed by atoms with van der Waals surface area (Å²) in [5.41, 5.74) is 5.19. The minimum atomic E-state index is -3.81. The molecule has 2 saturated heterocycles. The van der Waals surface area contributed by atoms with Gasteiger partial charge < -0.3 is 20.1 Å². The molecule has 2 aliphatic heterocycles. The Kier molecular flexibility index (Phi) is 7.20. The molecule has 0 bridgehead atoms. The maximum atomic E-state index is 12.2. The summed E-state index contributed by atoms with van der Waals surface area (Å²) in [5.74, 6) is -0.145. The van der Waals surface area contributed by atoms with Crippen molar-refractivity contribution in [3.05, 3.63) is 0 Å². The SMILES string of the molecule is CC1C(OS(C)(=O)=O)OC(=O)N1CC(C(=N)N)N1CCN(C(=O)OC(C)(C)C)CC1. The lowest BCUT2D eigenvalue weighted by atomic mass is 10.1. The average molecular weight is 450 g/mol. The fourth-order valence-corrected chi connectivity index (χ4v) is 3.78. The van der Waals surface area contributed by atoms with Gasteiger partial charge in [-0.05, 0) is 27.7 Å². The lowest BCUT2D eigenvalue weighted by Gasteiger charge is -2.40. The Hall–Kier alpha value is -2.12. The summed E-state index contributed by atoms with van der Waals surface area (Å²) in [5, 5.41) is 7.96. The van der Waals surface area contributed by atoms with Crippen molar-refractivity contribution in [3.63, 3.8) is 0 Å². The number of hydrogen-bond donors (Lipinski definition) is 2. The van der Waals surface area contributed by atoms with E-state index in [-0.39, 0.29) is 12.4 Å². The molecule has 172 valence electrons. The topological polar surface area (TPSA) is 156 Å². The van der Waals surface area contributed by atoms with Crippen molar-refractivity contribution in [3.8, 4) is 0 Å². The van der Waals surface area contributed by atoms with Crippen molar-refractivity contribution >= 4 is 28.1 Å². The third kappa shape index (κ3) is 6.44. The number of hydrogen-bond acceptors (Lipinski definition) is 9. The molecule has 2 fully saturated rings. The number of carbonyl (C=O) groups excluding carboxylic acids is 2. The van der Waals surface area contributed by atoms with Crippen LogP contribution in [-0.4, -0.2) is 104 Å². The first-order chi connectivity index (χ1) is 13.7. The molecule has 2 rings (SSSR count). The number of nitrogens with zero attached hydrogens (tertiary/aromatic N) is 3. The number of nitrogens with one attached hydrogen (secondary N) is 1. The third-order valence-electron chi connectivity index (χ3n) is 4.74. The lowest BCUT2D eigenvalue weighted by Crippen LogP contribution is -2.59. The molecule has 0 spiro atoms. The molecule has 0 aromatic heterocycles. The zero-order valence-corrected chi connectivity index (χ0v) is 18.8. The van der Waals surface area contributed by atoms with Crippen molar-refractivity contribution < 1.29 is 31.7 Å². The van der Waals surface area contributed by atoms with E-state index in [9.17, 15) is 18.0 Å². The van der Waals surface area contributed by atoms with Gasteiger partial charge in [0.1, 0.15) is 11.4 Å². The Morgan fingerprint density at radius 2 is 1.87 bits per heavy atom. The smallest absolute Gasteiger partial charge is 0.412 e. The molecule has 30 heavy (non-hydrogen) atoms. The number of ether oxygens (including phenoxy) is 2. The minimum absolute atomic E-state index is 0.0331. The van der Waals surface area contributed by atoms with E-state index >= 15 is 0 Å². The van der Waals surface area contributed by atoms with Crippen LogP contribution < -0.4 is 5.73 Å². The molecule has 0 aromatic rings. The standard InChI is InChI=1S/C17H31N5O7S/c1-11-14(29-30(5,25)26)27-16(24)22(11)10-12(13(18)19)20-6-8-21(9-7-20)15(23)28-17(2,3)4/h11-12,14H,6-10H2,1-5H3,(H3,18,19). The van der Waals surface area contributed by atoms with Gasteiger partial charge in [-0.25, -0.2) is 13.8 Å². The number of rotatable bonds is 6. The van der Waals surface area contributed by atoms with Gasteiger partial charge in [0.25, 0.3) is 10.1 Å². The van der Waals surface area contributed by atoms with Crippen molar-refractivity contribution in [1.82, 2.24) is 14.7 Å². The van der Waals surface area contributed by atoms with Crippen LogP contribution in [0.5, 0.6) is 0 Å². The quantitative estimate of drug-likeness (QED) is 0.323. The summed E-state index contributed by atoms with van der Waals surface area (Å²) in [6.07, 6.45) is -1.53. The molecule has 0 aromatic carbocycles. The highest BCUT2D eigenvalue weighted by atomic mass is 32.2. The molecule has 0 aliphatic carbocycles. The molecule has 3 N–H and O–H groups in total. The van der Waals surface area contributed by atoms with Crippen LogP contribution in [0.3, 0.4) is 0 Å². The summed E-state index contributed by atoms with van der Waals surface area (Å²) in [6.45, 7) is 8.66. The van der Waals surface area contributed by atoms with Gasteiger partial charge in [-0.15, -0.1) is 0 Å². The van der Waals surface area contributed by atoms with Crippen LogP contribution in [0, 0.1) is 5.41 Å². The van der Waals surface area contributed by atoms with Gasteiger partial charge in [-0.3, -0.25) is 15.2 Å². The minimum Gasteiger partial charge on any atom is -0.444 e. The Balaban J connectivity index is 2.00. The van der Waals surface area contributed by atoms with E-state index in [4.69, 9.17) is 24.8 Å². The molecule has 12 nitrogen and oxygen atoms in total. The molecule has 3 unspecified atom stereocenters. The number of piperazine rings is 1. The Bertz CT molecular complexity index is 774. The van der Waals surface area contributed by atoms with E-state index in [1.807, 2.05) is 4.90 Å². The van der Waals surface area contributed by atoms with E-state index in [0.717, 1.165) is 6.26 Å². The molecule has 0 saturated carbocycles. The van der Waals surface area contributed by atoms with Gasteiger partial charge in [0.05, 0.1) is 18.3 Å². The zero-order chi connectivity index (χ0) is 22.9. The molecule has 0 radical (unpaired) electrons. The van der Waals surface area contributed by atoms with E-state index in [2.05, 4.69) is 0 Å². The summed E-state index contributed by atoms with van der Waals surface area (Å²) < 4.78 is 37.9. The average Bonchev–Trinajstić information content (AvgIpc) is 2.83. The van der Waals surface area contributed by atoms with Crippen LogP contribution in [0.2, 0.25) is 0 Å². The molecule has 3 atom stereocenters. The number of amides is 2. The largest absolute Gasteiger partial charge is 0.444 e. The van der Waals surface area contributed by atoms with Gasteiger partial charge in [0, 0.05) is 32.7 Å². The first-order valence-electron chi connectivity index (χ1n) is 9.59. The predicted molar refractivity (Wildman–Crippen MR) is 107 cm³/mol. The first-order valence-corrected chi connectivity index (χ1v) is 11.4. The second-order valence-corrected chi connectivity index (χ2v) is 10.0. The fourth-order valence-electron chi connectivity index (χ4n) is 3.23. The summed E-state index contributed by atoms with van der Waals surface area (Å²) >= 11 is 0. The predicted octanol–water partition coefficient (Wildman–Crippen LogP) is -0.0133. The van der Waals surface area contributed by atoms with E-state index in [1.165, 1.54) is 4.90 Å². The molecular formula is C17H31N5O7S. The third-order valence-corrected chi connectivity index (χ3v) is 5.28. The lowest BCUT2D eigenvalue weighted by molar-refractivity contribution is -0.00825. The van der Waals surface area contributed by atoms with Crippen LogP contribution in [0.4, 0.5) is 9.59 Å². The van der Waals surface area contributed by atoms with Gasteiger partial charge in [0.2, 0.25) is 6.29 Å². The van der Waals surface area contributed by atoms with Gasteiger partial charge in [0.15, 0.2) is 0 Å². The number of amidine groups is 1. The number of carbonyl (C=O) groups is 2. The number of cyclic esters (lactones) is 1. The van der Waals surface area contributed by atoms with E-state index in [0.29, 0.717) is 26.2 Å². The molecule has 2 amide bonds. The van der Waals surface area contributed by atoms with Crippen molar-refractivity contribution in [2.45, 2.75) is 51.7 Å². The second kappa shape index (κ2) is 8.94. The van der Waals surface area contributed by atoms with E-state index < -0.39 is 46.3 Å². The van der Waals surface area contributed by atoms with Crippen LogP contribution in [-0.2, 0) is 23.8 Å². The molecule has 2 aliphatic rings. The normalized spacial score (nSPS) is 24.5. The highest BCUT2D eigenvalue weighted by Crippen LogP contribution is 2.23. The monoisotopic (exact) mass is 449 g/mol. The maximum Gasteiger partial charge on any atom is 0.412 e. The van der Waals surface area contributed by atoms with Crippen LogP contribution in [0.15, 0.2) is 0 Å². The molecule has 13 heteroatoms. The summed E-state index contributed by atoms with van der Waals surface area (Å²) in [7, 11) is -3.81. The van der Waals surface area contributed by atoms with E-state index in [1.54, 1.807) is 32.6 Å². The van der Waals surface area contributed by atoms with Gasteiger partial charge in [-0.2, -0.15) is 8.42 Å². The Labute approximate surface area is 176 Å². The zero-order valence-electron chi connectivity index (χ0n) is 18.0. The molecule has 2 heterocycles. The Morgan fingerprint density at radius 1 is 1.30 bits per heavy atom. The van der Waals surface area contributed by atoms with Gasteiger partial charge in [-0.1, -0.05) is 0 Å². The highest BCUT2D eigenvalue weighted by Gasteiger charge is 2.43. The van der Waals surface area contributed by atoms with Crippen LogP contribution >= 0.6 is 0 Å². The van der Waals surface area contributed by atoms with Crippen molar-refractivity contribution in [2.75, 3.05) is 39.0 Å². The summed E-state index contributed by atoms with van der Waals surface area (Å²) in [4.78, 5) is 29.2. The Morgan fingerprint density at radius 3 is 2.33 bits per heavy atom. The first kappa shape index (κ1) is 24.2. The molecular weight excluding hydrogens is 418 g/mol. The fraction of sp³-hybridized carbons (Fsp3) is 0.824. The maximum absolute atomic E-state index is 12.2. The highest BCUT2D eigenvalue weighted by molar-refractivity contribution is 7.86. The summed E-state index contributed by atoms with van der Waals surface area (Å²) in [6, 6.07) is -1.30. The van der Waals surface area contributed by atoms with Crippen molar-refractivity contribution in [2.24, 2.45) is 5.73 Å². The van der Waals surface area contributed by atoms with Crippen LogP contribution in [0.1, 0.15) is 27.7 Å². The number of nitrogens with two attached hydrogens (primary N) is 1. The van der Waals surface area contributed by atoms with Crippen LogP contribution in [0.25, 0.3) is 0 Å². The van der Waals surface area contributed by atoms with Gasteiger partial charge >= 0.3 is 12.2 Å².